The van der Waals surface area contributed by atoms with Crippen molar-refractivity contribution in [1.82, 2.24) is 5.32 Å². The van der Waals surface area contributed by atoms with E-state index in [-0.39, 0.29) is 11.4 Å². The number of likely N-dealkylation sites (N-methyl/N-ethyl adjacent to an activating group) is 1. The van der Waals surface area contributed by atoms with E-state index >= 15 is 0 Å². The first-order valence-corrected chi connectivity index (χ1v) is 6.95. The number of halogens is 3. The lowest BCUT2D eigenvalue weighted by atomic mass is 9.95. The van der Waals surface area contributed by atoms with Crippen molar-refractivity contribution in [3.63, 3.8) is 0 Å². The van der Waals surface area contributed by atoms with Crippen molar-refractivity contribution in [3.8, 4) is 0 Å². The van der Waals surface area contributed by atoms with Crippen molar-refractivity contribution in [2.75, 3.05) is 6.54 Å². The second-order valence-electron chi connectivity index (χ2n) is 5.03. The van der Waals surface area contributed by atoms with Crippen molar-refractivity contribution >= 4 is 0 Å². The van der Waals surface area contributed by atoms with Gasteiger partial charge in [-0.3, -0.25) is 0 Å². The van der Waals surface area contributed by atoms with Crippen LogP contribution in [0.3, 0.4) is 0 Å². The minimum atomic E-state index is -0.869. The molecular weight excluding hydrogens is 275 g/mol. The van der Waals surface area contributed by atoms with E-state index in [1.54, 1.807) is 12.1 Å². The molecule has 2 rings (SSSR count). The molecule has 0 bridgehead atoms. The second kappa shape index (κ2) is 6.76. The molecule has 0 aromatic heterocycles. The van der Waals surface area contributed by atoms with E-state index in [2.05, 4.69) is 5.32 Å². The van der Waals surface area contributed by atoms with Crippen LogP contribution in [0.4, 0.5) is 13.2 Å². The topological polar surface area (TPSA) is 12.0 Å². The Hall–Kier alpha value is -1.81. The molecule has 1 atom stereocenters. The van der Waals surface area contributed by atoms with Crippen molar-refractivity contribution in [2.45, 2.75) is 26.3 Å². The molecule has 0 saturated carbocycles. The predicted octanol–water partition coefficient (Wildman–Crippen LogP) is 4.31. The van der Waals surface area contributed by atoms with Crippen LogP contribution in [0.2, 0.25) is 0 Å². The lowest BCUT2D eigenvalue weighted by Crippen LogP contribution is -2.24. The summed E-state index contributed by atoms with van der Waals surface area (Å²) in [7, 11) is 0. The lowest BCUT2D eigenvalue weighted by molar-refractivity contribution is 0.463. The Morgan fingerprint density at radius 3 is 2.57 bits per heavy atom. The highest BCUT2D eigenvalue weighted by Gasteiger charge is 2.18. The van der Waals surface area contributed by atoms with E-state index < -0.39 is 17.7 Å². The number of rotatable bonds is 5. The van der Waals surface area contributed by atoms with Gasteiger partial charge in [-0.25, -0.2) is 13.2 Å². The minimum absolute atomic E-state index is 0.264. The number of nitrogens with one attached hydrogen (secondary N) is 1. The monoisotopic (exact) mass is 293 g/mol. The fraction of sp³-hybridized carbons (Fsp3) is 0.294. The third-order valence-electron chi connectivity index (χ3n) is 3.54. The van der Waals surface area contributed by atoms with Gasteiger partial charge < -0.3 is 5.32 Å². The van der Waals surface area contributed by atoms with Gasteiger partial charge in [0.25, 0.3) is 0 Å². The summed E-state index contributed by atoms with van der Waals surface area (Å²) in [6, 6.07) is 8.26. The van der Waals surface area contributed by atoms with Gasteiger partial charge in [-0.15, -0.1) is 0 Å². The van der Waals surface area contributed by atoms with Crippen LogP contribution < -0.4 is 5.32 Å². The van der Waals surface area contributed by atoms with E-state index in [0.717, 1.165) is 17.2 Å². The van der Waals surface area contributed by atoms with E-state index in [9.17, 15) is 13.2 Å². The molecule has 112 valence electrons. The molecule has 1 nitrogen and oxygen atoms in total. The van der Waals surface area contributed by atoms with Crippen molar-refractivity contribution in [2.24, 2.45) is 0 Å². The highest BCUT2D eigenvalue weighted by molar-refractivity contribution is 5.30. The minimum Gasteiger partial charge on any atom is -0.310 e. The zero-order chi connectivity index (χ0) is 15.4. The summed E-state index contributed by atoms with van der Waals surface area (Å²) < 4.78 is 40.7. The fourth-order valence-corrected chi connectivity index (χ4v) is 2.41. The van der Waals surface area contributed by atoms with Gasteiger partial charge in [-0.05, 0) is 49.2 Å². The van der Waals surface area contributed by atoms with Crippen LogP contribution in [0.5, 0.6) is 0 Å². The summed E-state index contributed by atoms with van der Waals surface area (Å²) in [4.78, 5) is 0. The van der Waals surface area contributed by atoms with Crippen LogP contribution in [0.15, 0.2) is 36.4 Å². The summed E-state index contributed by atoms with van der Waals surface area (Å²) >= 11 is 0. The Kier molecular flexibility index (Phi) is 5.02. The molecule has 21 heavy (non-hydrogen) atoms. The van der Waals surface area contributed by atoms with Gasteiger partial charge in [-0.1, -0.05) is 25.1 Å². The third kappa shape index (κ3) is 3.64. The molecule has 1 N–H and O–H groups in total. The average Bonchev–Trinajstić information content (AvgIpc) is 2.45. The van der Waals surface area contributed by atoms with Crippen molar-refractivity contribution < 1.29 is 13.2 Å². The van der Waals surface area contributed by atoms with E-state index in [1.807, 2.05) is 13.8 Å². The van der Waals surface area contributed by atoms with Crippen LogP contribution in [0.25, 0.3) is 0 Å². The van der Waals surface area contributed by atoms with Gasteiger partial charge in [0, 0.05) is 11.6 Å². The first-order valence-electron chi connectivity index (χ1n) is 6.95. The average molecular weight is 293 g/mol. The molecule has 0 radical (unpaired) electrons. The molecule has 2 aromatic carbocycles. The molecule has 2 aromatic rings. The first-order chi connectivity index (χ1) is 10.0. The summed E-state index contributed by atoms with van der Waals surface area (Å²) in [5.74, 6) is -2.05. The van der Waals surface area contributed by atoms with E-state index in [0.29, 0.717) is 13.0 Å². The van der Waals surface area contributed by atoms with Gasteiger partial charge >= 0.3 is 0 Å². The van der Waals surface area contributed by atoms with Crippen LogP contribution in [-0.2, 0) is 6.42 Å². The predicted molar refractivity (Wildman–Crippen MR) is 77.6 cm³/mol. The summed E-state index contributed by atoms with van der Waals surface area (Å²) in [5, 5.41) is 3.13. The maximum Gasteiger partial charge on any atom is 0.163 e. The van der Waals surface area contributed by atoms with Crippen LogP contribution in [0.1, 0.15) is 29.7 Å². The molecule has 0 spiro atoms. The molecule has 0 fully saturated rings. The second-order valence-corrected chi connectivity index (χ2v) is 5.03. The molecule has 0 amide bonds. The smallest absolute Gasteiger partial charge is 0.163 e. The zero-order valence-electron chi connectivity index (χ0n) is 12.1. The number of hydrogen-bond acceptors (Lipinski definition) is 1. The largest absolute Gasteiger partial charge is 0.310 e. The SMILES string of the molecule is CCNC(Cc1cc(F)ccc1C)c1cccc(F)c1F. The third-order valence-corrected chi connectivity index (χ3v) is 3.54. The quantitative estimate of drug-likeness (QED) is 0.866. The van der Waals surface area contributed by atoms with E-state index in [4.69, 9.17) is 0 Å². The molecule has 0 heterocycles. The number of aryl methyl sites for hydroxylation is 1. The number of benzene rings is 2. The molecule has 0 aliphatic rings. The summed E-state index contributed by atoms with van der Waals surface area (Å²) in [6.07, 6.45) is 0.401. The lowest BCUT2D eigenvalue weighted by Gasteiger charge is -2.20. The van der Waals surface area contributed by atoms with Crippen molar-refractivity contribution in [3.05, 3.63) is 70.5 Å². The Bertz CT molecular complexity index is 625. The Morgan fingerprint density at radius 2 is 1.86 bits per heavy atom. The maximum absolute atomic E-state index is 14.0. The molecule has 0 aliphatic heterocycles. The normalized spacial score (nSPS) is 12.4. The van der Waals surface area contributed by atoms with Crippen molar-refractivity contribution in [1.29, 1.82) is 0 Å². The van der Waals surface area contributed by atoms with Gasteiger partial charge in [-0.2, -0.15) is 0 Å². The Balaban J connectivity index is 2.35. The first kappa shape index (κ1) is 15.6. The van der Waals surface area contributed by atoms with Crippen LogP contribution in [0, 0.1) is 24.4 Å². The standard InChI is InChI=1S/C17H18F3N/c1-3-21-16(14-5-4-6-15(19)17(14)20)10-12-9-13(18)8-7-11(12)2/h4-9,16,21H,3,10H2,1-2H3. The summed E-state index contributed by atoms with van der Waals surface area (Å²) in [5.41, 5.74) is 1.97. The summed E-state index contributed by atoms with van der Waals surface area (Å²) in [6.45, 7) is 4.37. The molecule has 0 aliphatic carbocycles. The molecular formula is C17H18F3N. The van der Waals surface area contributed by atoms with Gasteiger partial charge in [0.2, 0.25) is 0 Å². The van der Waals surface area contributed by atoms with E-state index in [1.165, 1.54) is 18.2 Å². The molecule has 0 saturated heterocycles. The van der Waals surface area contributed by atoms with Gasteiger partial charge in [0.05, 0.1) is 0 Å². The molecule has 1 unspecified atom stereocenters. The highest BCUT2D eigenvalue weighted by atomic mass is 19.2. The van der Waals surface area contributed by atoms with Crippen LogP contribution >= 0.6 is 0 Å². The zero-order valence-corrected chi connectivity index (χ0v) is 12.1. The Labute approximate surface area is 122 Å². The van der Waals surface area contributed by atoms with Crippen LogP contribution in [-0.4, -0.2) is 6.54 Å². The Morgan fingerprint density at radius 1 is 1.10 bits per heavy atom. The molecule has 4 heteroatoms. The highest BCUT2D eigenvalue weighted by Crippen LogP contribution is 2.24. The number of hydrogen-bond donors (Lipinski definition) is 1. The van der Waals surface area contributed by atoms with Gasteiger partial charge in [0.15, 0.2) is 11.6 Å². The maximum atomic E-state index is 14.0. The fourth-order valence-electron chi connectivity index (χ4n) is 2.41. The van der Waals surface area contributed by atoms with Gasteiger partial charge in [0.1, 0.15) is 5.82 Å².